The Bertz CT molecular complexity index is 306. The summed E-state index contributed by atoms with van der Waals surface area (Å²) < 4.78 is 0. The second-order valence-corrected chi connectivity index (χ2v) is 3.41. The smallest absolute Gasteiger partial charge is 0.317 e. The minimum atomic E-state index is -0.830. The van der Waals surface area contributed by atoms with E-state index in [0.717, 1.165) is 5.56 Å². The van der Waals surface area contributed by atoms with Crippen molar-refractivity contribution in [2.24, 2.45) is 0 Å². The van der Waals surface area contributed by atoms with Crippen LogP contribution in [0.3, 0.4) is 0 Å². The number of carbonyl (C=O) groups is 1. The maximum Gasteiger partial charge on any atom is 0.317 e. The van der Waals surface area contributed by atoms with Gasteiger partial charge in [-0.05, 0) is 19.4 Å². The molecule has 0 aliphatic rings. The summed E-state index contributed by atoms with van der Waals surface area (Å²) in [6.07, 6.45) is 0. The Morgan fingerprint density at radius 3 is 2.50 bits per heavy atom. The quantitative estimate of drug-likeness (QED) is 0.765. The van der Waals surface area contributed by atoms with E-state index in [0.29, 0.717) is 0 Å². The van der Waals surface area contributed by atoms with Gasteiger partial charge >= 0.3 is 5.97 Å². The van der Waals surface area contributed by atoms with E-state index in [1.54, 1.807) is 0 Å². The van der Waals surface area contributed by atoms with Crippen molar-refractivity contribution >= 4 is 5.97 Å². The molecule has 0 fully saturated rings. The highest BCUT2D eigenvalue weighted by Gasteiger charge is 2.05. The van der Waals surface area contributed by atoms with Gasteiger partial charge in [0.1, 0.15) is 0 Å². The normalized spacial score (nSPS) is 12.4. The van der Waals surface area contributed by atoms with Crippen LogP contribution < -0.4 is 5.32 Å². The molecule has 1 rings (SSSR count). The van der Waals surface area contributed by atoms with Crippen molar-refractivity contribution in [1.29, 1.82) is 0 Å². The maximum absolute atomic E-state index is 10.3. The molecule has 1 atom stereocenters. The summed E-state index contributed by atoms with van der Waals surface area (Å²) in [6, 6.07) is 8.14. The van der Waals surface area contributed by atoms with Crippen LogP contribution in [0.15, 0.2) is 24.3 Å². The lowest BCUT2D eigenvalue weighted by Crippen LogP contribution is -2.25. The van der Waals surface area contributed by atoms with Crippen molar-refractivity contribution in [2.75, 3.05) is 6.54 Å². The topological polar surface area (TPSA) is 49.3 Å². The molecule has 0 saturated carbocycles. The van der Waals surface area contributed by atoms with Crippen LogP contribution in [-0.2, 0) is 4.79 Å². The summed E-state index contributed by atoms with van der Waals surface area (Å²) in [5.74, 6) is -0.830. The van der Waals surface area contributed by atoms with Crippen LogP contribution in [0, 0.1) is 6.92 Å². The van der Waals surface area contributed by atoms with E-state index in [1.165, 1.54) is 5.56 Å². The first-order valence-corrected chi connectivity index (χ1v) is 4.61. The van der Waals surface area contributed by atoms with Gasteiger partial charge in [0.2, 0.25) is 0 Å². The van der Waals surface area contributed by atoms with Gasteiger partial charge in [-0.2, -0.15) is 0 Å². The minimum Gasteiger partial charge on any atom is -0.480 e. The van der Waals surface area contributed by atoms with E-state index in [4.69, 9.17) is 5.11 Å². The lowest BCUT2D eigenvalue weighted by atomic mass is 10.1. The van der Waals surface area contributed by atoms with Crippen molar-refractivity contribution in [1.82, 2.24) is 5.32 Å². The molecule has 0 heterocycles. The largest absolute Gasteiger partial charge is 0.480 e. The van der Waals surface area contributed by atoms with Crippen LogP contribution in [0.1, 0.15) is 24.1 Å². The molecule has 0 aromatic heterocycles. The summed E-state index contributed by atoms with van der Waals surface area (Å²) in [7, 11) is 0. The summed E-state index contributed by atoms with van der Waals surface area (Å²) in [5.41, 5.74) is 2.32. The van der Waals surface area contributed by atoms with Gasteiger partial charge in [0.15, 0.2) is 0 Å². The van der Waals surface area contributed by atoms with E-state index >= 15 is 0 Å². The van der Waals surface area contributed by atoms with E-state index in [2.05, 4.69) is 5.32 Å². The highest BCUT2D eigenvalue weighted by molar-refractivity contribution is 5.69. The zero-order valence-corrected chi connectivity index (χ0v) is 8.45. The van der Waals surface area contributed by atoms with Gasteiger partial charge in [-0.25, -0.2) is 0 Å². The molecule has 2 N–H and O–H groups in total. The zero-order chi connectivity index (χ0) is 10.6. The van der Waals surface area contributed by atoms with E-state index < -0.39 is 5.97 Å². The van der Waals surface area contributed by atoms with Crippen LogP contribution in [0.2, 0.25) is 0 Å². The van der Waals surface area contributed by atoms with Gasteiger partial charge in [0, 0.05) is 6.04 Å². The minimum absolute atomic E-state index is 0.00492. The van der Waals surface area contributed by atoms with Crippen LogP contribution in [0.4, 0.5) is 0 Å². The molecule has 0 bridgehead atoms. The van der Waals surface area contributed by atoms with Crippen molar-refractivity contribution in [3.05, 3.63) is 35.4 Å². The molecule has 76 valence electrons. The molecule has 14 heavy (non-hydrogen) atoms. The number of hydrogen-bond donors (Lipinski definition) is 2. The van der Waals surface area contributed by atoms with E-state index in [9.17, 15) is 4.79 Å². The number of rotatable bonds is 4. The number of aliphatic carboxylic acids is 1. The number of carboxylic acids is 1. The molecule has 0 aliphatic carbocycles. The monoisotopic (exact) mass is 193 g/mol. The molecule has 1 aromatic carbocycles. The predicted molar refractivity (Wildman–Crippen MR) is 55.2 cm³/mol. The van der Waals surface area contributed by atoms with Crippen molar-refractivity contribution in [3.63, 3.8) is 0 Å². The molecular weight excluding hydrogens is 178 g/mol. The summed E-state index contributed by atoms with van der Waals surface area (Å²) in [5, 5.41) is 11.4. The first kappa shape index (κ1) is 10.7. The van der Waals surface area contributed by atoms with Crippen LogP contribution >= 0.6 is 0 Å². The third-order valence-electron chi connectivity index (χ3n) is 2.14. The lowest BCUT2D eigenvalue weighted by molar-refractivity contribution is -0.136. The molecule has 1 aromatic rings. The molecule has 0 radical (unpaired) electrons. The van der Waals surface area contributed by atoms with Gasteiger partial charge < -0.3 is 10.4 Å². The number of nitrogens with one attached hydrogen (secondary N) is 1. The third kappa shape index (κ3) is 3.18. The molecule has 0 spiro atoms. The molecular formula is C11H15NO2. The SMILES string of the molecule is Cc1ccc(C(C)NCC(=O)O)cc1. The van der Waals surface area contributed by atoms with Gasteiger partial charge in [0.25, 0.3) is 0 Å². The van der Waals surface area contributed by atoms with Crippen molar-refractivity contribution in [3.8, 4) is 0 Å². The second-order valence-electron chi connectivity index (χ2n) is 3.41. The Labute approximate surface area is 83.8 Å². The Morgan fingerprint density at radius 2 is 2.00 bits per heavy atom. The number of aryl methyl sites for hydroxylation is 1. The highest BCUT2D eigenvalue weighted by Crippen LogP contribution is 2.12. The fraction of sp³-hybridized carbons (Fsp3) is 0.364. The molecule has 3 nitrogen and oxygen atoms in total. The predicted octanol–water partition coefficient (Wildman–Crippen LogP) is 1.73. The lowest BCUT2D eigenvalue weighted by Gasteiger charge is -2.12. The van der Waals surface area contributed by atoms with Crippen LogP contribution in [0.25, 0.3) is 0 Å². The van der Waals surface area contributed by atoms with Gasteiger partial charge in [-0.15, -0.1) is 0 Å². The average molecular weight is 193 g/mol. The summed E-state index contributed by atoms with van der Waals surface area (Å²) in [4.78, 5) is 10.3. The number of hydrogen-bond acceptors (Lipinski definition) is 2. The van der Waals surface area contributed by atoms with Gasteiger partial charge in [-0.1, -0.05) is 29.8 Å². The average Bonchev–Trinajstić information content (AvgIpc) is 2.15. The Kier molecular flexibility index (Phi) is 3.65. The Morgan fingerprint density at radius 1 is 1.43 bits per heavy atom. The molecule has 0 amide bonds. The van der Waals surface area contributed by atoms with E-state index in [1.807, 2.05) is 38.1 Å². The highest BCUT2D eigenvalue weighted by atomic mass is 16.4. The Balaban J connectivity index is 2.56. The number of benzene rings is 1. The maximum atomic E-state index is 10.3. The van der Waals surface area contributed by atoms with Crippen LogP contribution in [-0.4, -0.2) is 17.6 Å². The van der Waals surface area contributed by atoms with Gasteiger partial charge in [0.05, 0.1) is 6.54 Å². The third-order valence-corrected chi connectivity index (χ3v) is 2.14. The fourth-order valence-corrected chi connectivity index (χ4v) is 1.21. The van der Waals surface area contributed by atoms with E-state index in [-0.39, 0.29) is 12.6 Å². The zero-order valence-electron chi connectivity index (χ0n) is 8.45. The van der Waals surface area contributed by atoms with Crippen molar-refractivity contribution < 1.29 is 9.90 Å². The first-order valence-electron chi connectivity index (χ1n) is 4.61. The van der Waals surface area contributed by atoms with Gasteiger partial charge in [-0.3, -0.25) is 4.79 Å². The number of carboxylic acid groups (broad SMARTS) is 1. The molecule has 0 saturated heterocycles. The summed E-state index contributed by atoms with van der Waals surface area (Å²) >= 11 is 0. The standard InChI is InChI=1S/C11H15NO2/c1-8-3-5-10(6-4-8)9(2)12-7-11(13)14/h3-6,9,12H,7H2,1-2H3,(H,13,14). The van der Waals surface area contributed by atoms with Crippen molar-refractivity contribution in [2.45, 2.75) is 19.9 Å². The molecule has 3 heteroatoms. The second kappa shape index (κ2) is 4.77. The van der Waals surface area contributed by atoms with Crippen LogP contribution in [0.5, 0.6) is 0 Å². The molecule has 1 unspecified atom stereocenters. The fourth-order valence-electron chi connectivity index (χ4n) is 1.21. The first-order chi connectivity index (χ1) is 6.59. The Hall–Kier alpha value is -1.35. The molecule has 0 aliphatic heterocycles. The summed E-state index contributed by atoms with van der Waals surface area (Å²) in [6.45, 7) is 3.97.